The SMILES string of the molecule is CC(N)Cn1ccnc1-c1ccccc1. The average Bonchev–Trinajstić information content (AvgIpc) is 2.66. The van der Waals surface area contributed by atoms with Gasteiger partial charge in [-0.1, -0.05) is 30.3 Å². The van der Waals surface area contributed by atoms with Gasteiger partial charge in [-0.05, 0) is 6.92 Å². The Bertz CT molecular complexity index is 417. The van der Waals surface area contributed by atoms with Gasteiger partial charge in [0.2, 0.25) is 0 Å². The molecule has 3 nitrogen and oxygen atoms in total. The third kappa shape index (κ3) is 2.25. The minimum Gasteiger partial charge on any atom is -0.329 e. The predicted octanol–water partition coefficient (Wildman–Crippen LogP) is 1.90. The molecule has 1 atom stereocenters. The highest BCUT2D eigenvalue weighted by atomic mass is 15.1. The van der Waals surface area contributed by atoms with E-state index in [9.17, 15) is 0 Å². The van der Waals surface area contributed by atoms with E-state index in [1.807, 2.05) is 37.5 Å². The molecule has 0 saturated heterocycles. The van der Waals surface area contributed by atoms with Crippen molar-refractivity contribution in [2.75, 3.05) is 0 Å². The first kappa shape index (κ1) is 9.93. The Morgan fingerprint density at radius 1 is 1.33 bits per heavy atom. The second-order valence-corrected chi connectivity index (χ2v) is 3.75. The molecule has 0 aliphatic heterocycles. The van der Waals surface area contributed by atoms with Gasteiger partial charge in [-0.15, -0.1) is 0 Å². The molecule has 0 bridgehead atoms. The fourth-order valence-electron chi connectivity index (χ4n) is 1.61. The summed E-state index contributed by atoms with van der Waals surface area (Å²) in [6, 6.07) is 10.3. The minimum atomic E-state index is 0.140. The zero-order valence-electron chi connectivity index (χ0n) is 8.80. The van der Waals surface area contributed by atoms with E-state index in [0.717, 1.165) is 17.9 Å². The summed E-state index contributed by atoms with van der Waals surface area (Å²) in [6.45, 7) is 2.79. The lowest BCUT2D eigenvalue weighted by Gasteiger charge is -2.10. The second kappa shape index (κ2) is 4.28. The Morgan fingerprint density at radius 2 is 2.07 bits per heavy atom. The van der Waals surface area contributed by atoms with Gasteiger partial charge in [-0.2, -0.15) is 0 Å². The van der Waals surface area contributed by atoms with Crippen LogP contribution in [0.2, 0.25) is 0 Å². The smallest absolute Gasteiger partial charge is 0.139 e. The van der Waals surface area contributed by atoms with Crippen LogP contribution in [0, 0.1) is 0 Å². The minimum absolute atomic E-state index is 0.140. The molecular weight excluding hydrogens is 186 g/mol. The molecule has 2 N–H and O–H groups in total. The first-order valence-corrected chi connectivity index (χ1v) is 5.09. The highest BCUT2D eigenvalue weighted by Crippen LogP contribution is 2.16. The second-order valence-electron chi connectivity index (χ2n) is 3.75. The van der Waals surface area contributed by atoms with Crippen LogP contribution in [0.15, 0.2) is 42.7 Å². The molecule has 0 fully saturated rings. The van der Waals surface area contributed by atoms with E-state index in [0.29, 0.717) is 0 Å². The van der Waals surface area contributed by atoms with E-state index in [2.05, 4.69) is 21.7 Å². The quantitative estimate of drug-likeness (QED) is 0.824. The average molecular weight is 201 g/mol. The third-order valence-electron chi connectivity index (χ3n) is 2.23. The molecule has 2 rings (SSSR count). The highest BCUT2D eigenvalue weighted by molar-refractivity contribution is 5.55. The number of nitrogens with zero attached hydrogens (tertiary/aromatic N) is 2. The van der Waals surface area contributed by atoms with Crippen LogP contribution in [-0.2, 0) is 6.54 Å². The van der Waals surface area contributed by atoms with Crippen LogP contribution >= 0.6 is 0 Å². The van der Waals surface area contributed by atoms with Crippen molar-refractivity contribution in [2.24, 2.45) is 5.73 Å². The lowest BCUT2D eigenvalue weighted by Crippen LogP contribution is -2.22. The van der Waals surface area contributed by atoms with Gasteiger partial charge < -0.3 is 10.3 Å². The maximum atomic E-state index is 5.78. The van der Waals surface area contributed by atoms with Gasteiger partial charge >= 0.3 is 0 Å². The molecule has 1 aromatic heterocycles. The molecule has 1 unspecified atom stereocenters. The molecular formula is C12H15N3. The number of aromatic nitrogens is 2. The van der Waals surface area contributed by atoms with E-state index in [1.54, 1.807) is 0 Å². The first-order valence-electron chi connectivity index (χ1n) is 5.09. The Kier molecular flexibility index (Phi) is 2.83. The van der Waals surface area contributed by atoms with Crippen LogP contribution in [0.1, 0.15) is 6.92 Å². The van der Waals surface area contributed by atoms with Crippen LogP contribution in [0.3, 0.4) is 0 Å². The van der Waals surface area contributed by atoms with Crippen LogP contribution in [0.5, 0.6) is 0 Å². The zero-order valence-corrected chi connectivity index (χ0v) is 8.80. The number of rotatable bonds is 3. The zero-order chi connectivity index (χ0) is 10.7. The van der Waals surface area contributed by atoms with E-state index < -0.39 is 0 Å². The van der Waals surface area contributed by atoms with Crippen LogP contribution < -0.4 is 5.73 Å². The molecule has 1 aromatic carbocycles. The summed E-state index contributed by atoms with van der Waals surface area (Å²) >= 11 is 0. The molecule has 0 radical (unpaired) electrons. The lowest BCUT2D eigenvalue weighted by atomic mass is 10.2. The molecule has 0 spiro atoms. The first-order chi connectivity index (χ1) is 7.27. The monoisotopic (exact) mass is 201 g/mol. The molecule has 0 saturated carbocycles. The van der Waals surface area contributed by atoms with Gasteiger partial charge in [-0.25, -0.2) is 4.98 Å². The summed E-state index contributed by atoms with van der Waals surface area (Å²) in [7, 11) is 0. The summed E-state index contributed by atoms with van der Waals surface area (Å²) in [5, 5.41) is 0. The largest absolute Gasteiger partial charge is 0.329 e. The maximum Gasteiger partial charge on any atom is 0.139 e. The number of hydrogen-bond donors (Lipinski definition) is 1. The van der Waals surface area contributed by atoms with Crippen molar-refractivity contribution < 1.29 is 0 Å². The van der Waals surface area contributed by atoms with Gasteiger partial charge in [0.1, 0.15) is 5.82 Å². The maximum absolute atomic E-state index is 5.78. The normalized spacial score (nSPS) is 12.7. The van der Waals surface area contributed by atoms with E-state index in [4.69, 9.17) is 5.73 Å². The van der Waals surface area contributed by atoms with Crippen LogP contribution in [-0.4, -0.2) is 15.6 Å². The standard InChI is InChI=1S/C12H15N3/c1-10(13)9-15-8-7-14-12(15)11-5-3-2-4-6-11/h2-8,10H,9,13H2,1H3. The van der Waals surface area contributed by atoms with E-state index in [-0.39, 0.29) is 6.04 Å². The predicted molar refractivity (Wildman–Crippen MR) is 61.3 cm³/mol. The Hall–Kier alpha value is -1.61. The van der Waals surface area contributed by atoms with Gasteiger partial charge in [-0.3, -0.25) is 0 Å². The number of imidazole rings is 1. The van der Waals surface area contributed by atoms with Gasteiger partial charge in [0.05, 0.1) is 0 Å². The number of benzene rings is 1. The van der Waals surface area contributed by atoms with Gasteiger partial charge in [0.15, 0.2) is 0 Å². The molecule has 2 aromatic rings. The summed E-state index contributed by atoms with van der Waals surface area (Å²) in [4.78, 5) is 4.35. The molecule has 0 aliphatic rings. The third-order valence-corrected chi connectivity index (χ3v) is 2.23. The van der Waals surface area contributed by atoms with Crippen LogP contribution in [0.4, 0.5) is 0 Å². The lowest BCUT2D eigenvalue weighted by molar-refractivity contribution is 0.594. The Labute approximate surface area is 89.6 Å². The Morgan fingerprint density at radius 3 is 2.73 bits per heavy atom. The number of hydrogen-bond acceptors (Lipinski definition) is 2. The van der Waals surface area contributed by atoms with Crippen molar-refractivity contribution in [3.63, 3.8) is 0 Å². The Balaban J connectivity index is 2.33. The molecule has 0 aliphatic carbocycles. The summed E-state index contributed by atoms with van der Waals surface area (Å²) < 4.78 is 2.08. The van der Waals surface area contributed by atoms with Gasteiger partial charge in [0.25, 0.3) is 0 Å². The fourth-order valence-corrected chi connectivity index (χ4v) is 1.61. The number of nitrogens with two attached hydrogens (primary N) is 1. The fraction of sp³-hybridized carbons (Fsp3) is 0.250. The van der Waals surface area contributed by atoms with Crippen molar-refractivity contribution in [1.82, 2.24) is 9.55 Å². The van der Waals surface area contributed by atoms with Crippen molar-refractivity contribution in [2.45, 2.75) is 19.5 Å². The van der Waals surface area contributed by atoms with Crippen molar-refractivity contribution in [1.29, 1.82) is 0 Å². The van der Waals surface area contributed by atoms with Crippen molar-refractivity contribution in [3.8, 4) is 11.4 Å². The van der Waals surface area contributed by atoms with Gasteiger partial charge in [0, 0.05) is 30.5 Å². The topological polar surface area (TPSA) is 43.8 Å². The van der Waals surface area contributed by atoms with Crippen molar-refractivity contribution in [3.05, 3.63) is 42.7 Å². The molecule has 0 amide bonds. The highest BCUT2D eigenvalue weighted by Gasteiger charge is 2.05. The van der Waals surface area contributed by atoms with E-state index in [1.165, 1.54) is 0 Å². The van der Waals surface area contributed by atoms with Crippen molar-refractivity contribution >= 4 is 0 Å². The molecule has 78 valence electrons. The summed E-state index contributed by atoms with van der Waals surface area (Å²) in [5.74, 6) is 0.980. The molecule has 1 heterocycles. The molecule has 15 heavy (non-hydrogen) atoms. The summed E-state index contributed by atoms with van der Waals surface area (Å²) in [6.07, 6.45) is 3.77. The summed E-state index contributed by atoms with van der Waals surface area (Å²) in [5.41, 5.74) is 6.91. The van der Waals surface area contributed by atoms with E-state index >= 15 is 0 Å². The van der Waals surface area contributed by atoms with Crippen LogP contribution in [0.25, 0.3) is 11.4 Å². The molecule has 3 heteroatoms.